The lowest BCUT2D eigenvalue weighted by Gasteiger charge is -2.04. The summed E-state index contributed by atoms with van der Waals surface area (Å²) >= 11 is 0. The molecule has 1 rings (SSSR count). The van der Waals surface area contributed by atoms with Gasteiger partial charge >= 0.3 is 5.97 Å². The zero-order chi connectivity index (χ0) is 9.84. The van der Waals surface area contributed by atoms with Crippen LogP contribution in [0.25, 0.3) is 0 Å². The number of aryl methyl sites for hydroxylation is 1. The Morgan fingerprint density at radius 2 is 2.54 bits per heavy atom. The Bertz CT molecular complexity index is 295. The summed E-state index contributed by atoms with van der Waals surface area (Å²) in [6.07, 6.45) is 2.42. The van der Waals surface area contributed by atoms with Crippen LogP contribution in [-0.4, -0.2) is 33.8 Å². The van der Waals surface area contributed by atoms with Crippen LogP contribution in [0.5, 0.6) is 0 Å². The van der Waals surface area contributed by atoms with Crippen LogP contribution in [0.15, 0.2) is 12.5 Å². The minimum Gasteiger partial charge on any atom is -0.467 e. The summed E-state index contributed by atoms with van der Waals surface area (Å²) in [5, 5.41) is 9.26. The molecule has 0 saturated carbocycles. The fraction of sp³-hybridized carbons (Fsp3) is 0.500. The molecule has 0 saturated heterocycles. The smallest absolute Gasteiger partial charge is 0.335 e. The molecule has 0 amide bonds. The Hall–Kier alpha value is -1.36. The maximum absolute atomic E-state index is 10.8. The van der Waals surface area contributed by atoms with Crippen LogP contribution in [0.4, 0.5) is 0 Å². The van der Waals surface area contributed by atoms with Crippen LogP contribution < -0.4 is 0 Å². The van der Waals surface area contributed by atoms with Crippen LogP contribution >= 0.6 is 0 Å². The summed E-state index contributed by atoms with van der Waals surface area (Å²) < 4.78 is 6.12. The maximum atomic E-state index is 10.8. The van der Waals surface area contributed by atoms with E-state index in [1.807, 2.05) is 7.05 Å². The highest BCUT2D eigenvalue weighted by Crippen LogP contribution is 2.00. The highest BCUT2D eigenvalue weighted by Gasteiger charge is 2.16. The van der Waals surface area contributed by atoms with Crippen molar-refractivity contribution in [2.45, 2.75) is 12.5 Å². The highest BCUT2D eigenvalue weighted by molar-refractivity contribution is 5.74. The predicted octanol–water partition coefficient (Wildman–Crippen LogP) is -0.504. The Labute approximate surface area is 76.0 Å². The molecule has 0 aliphatic heterocycles. The number of methoxy groups -OCH3 is 1. The van der Waals surface area contributed by atoms with Crippen molar-refractivity contribution in [3.8, 4) is 0 Å². The van der Waals surface area contributed by atoms with Crippen molar-refractivity contribution in [2.24, 2.45) is 7.05 Å². The van der Waals surface area contributed by atoms with E-state index in [0.717, 1.165) is 0 Å². The van der Waals surface area contributed by atoms with Crippen molar-refractivity contribution in [3.05, 3.63) is 18.2 Å². The second-order valence-corrected chi connectivity index (χ2v) is 2.77. The molecule has 0 aliphatic rings. The van der Waals surface area contributed by atoms with Gasteiger partial charge in [-0.1, -0.05) is 0 Å². The number of carbonyl (C=O) groups is 1. The fourth-order valence-electron chi connectivity index (χ4n) is 0.990. The van der Waals surface area contributed by atoms with Gasteiger partial charge in [-0.25, -0.2) is 9.78 Å². The van der Waals surface area contributed by atoms with Crippen LogP contribution in [0.3, 0.4) is 0 Å². The molecule has 0 aliphatic carbocycles. The zero-order valence-electron chi connectivity index (χ0n) is 7.60. The molecule has 1 heterocycles. The third-order valence-electron chi connectivity index (χ3n) is 1.63. The molecule has 5 heteroatoms. The zero-order valence-corrected chi connectivity index (χ0v) is 7.60. The minimum atomic E-state index is -1.13. The summed E-state index contributed by atoms with van der Waals surface area (Å²) in [5.74, 6) is -0.634. The number of hydrogen-bond donors (Lipinski definition) is 1. The lowest BCUT2D eigenvalue weighted by Crippen LogP contribution is -2.24. The van der Waals surface area contributed by atoms with E-state index in [1.54, 1.807) is 17.1 Å². The number of aliphatic hydroxyl groups excluding tert-OH is 1. The average Bonchev–Trinajstić information content (AvgIpc) is 2.49. The van der Waals surface area contributed by atoms with Crippen molar-refractivity contribution >= 4 is 5.97 Å². The van der Waals surface area contributed by atoms with Gasteiger partial charge in [0.1, 0.15) is 0 Å². The van der Waals surface area contributed by atoms with Gasteiger partial charge in [0.25, 0.3) is 0 Å². The topological polar surface area (TPSA) is 64.3 Å². The molecule has 1 N–H and O–H groups in total. The number of rotatable bonds is 3. The Morgan fingerprint density at radius 1 is 1.85 bits per heavy atom. The van der Waals surface area contributed by atoms with Gasteiger partial charge in [-0.2, -0.15) is 0 Å². The van der Waals surface area contributed by atoms with Crippen LogP contribution in [-0.2, 0) is 23.0 Å². The first-order valence-corrected chi connectivity index (χ1v) is 3.86. The van der Waals surface area contributed by atoms with Gasteiger partial charge in [-0.3, -0.25) is 0 Å². The van der Waals surface area contributed by atoms with E-state index in [-0.39, 0.29) is 6.42 Å². The van der Waals surface area contributed by atoms with Gasteiger partial charge in [0.2, 0.25) is 0 Å². The molecule has 1 atom stereocenters. The fourth-order valence-corrected chi connectivity index (χ4v) is 0.990. The molecule has 0 bridgehead atoms. The molecule has 1 aromatic heterocycles. The second-order valence-electron chi connectivity index (χ2n) is 2.77. The molecular weight excluding hydrogens is 172 g/mol. The second kappa shape index (κ2) is 4.04. The monoisotopic (exact) mass is 184 g/mol. The molecule has 72 valence electrons. The van der Waals surface area contributed by atoms with E-state index in [9.17, 15) is 9.90 Å². The predicted molar refractivity (Wildman–Crippen MR) is 44.9 cm³/mol. The van der Waals surface area contributed by atoms with Crippen LogP contribution in [0, 0.1) is 0 Å². The average molecular weight is 184 g/mol. The van der Waals surface area contributed by atoms with E-state index in [4.69, 9.17) is 0 Å². The highest BCUT2D eigenvalue weighted by atomic mass is 16.5. The van der Waals surface area contributed by atoms with E-state index in [0.29, 0.717) is 5.69 Å². The summed E-state index contributed by atoms with van der Waals surface area (Å²) in [6, 6.07) is 0. The number of nitrogens with zero attached hydrogens (tertiary/aromatic N) is 2. The Morgan fingerprint density at radius 3 is 3.00 bits per heavy atom. The van der Waals surface area contributed by atoms with Crippen molar-refractivity contribution in [3.63, 3.8) is 0 Å². The summed E-state index contributed by atoms with van der Waals surface area (Å²) in [4.78, 5) is 14.8. The molecule has 1 unspecified atom stereocenters. The van der Waals surface area contributed by atoms with Gasteiger partial charge in [-0.05, 0) is 0 Å². The number of ether oxygens (including phenoxy) is 1. The third kappa shape index (κ3) is 2.55. The van der Waals surface area contributed by atoms with Gasteiger partial charge in [0, 0.05) is 19.7 Å². The molecule has 0 spiro atoms. The lowest BCUT2D eigenvalue weighted by molar-refractivity contribution is -0.150. The van der Waals surface area contributed by atoms with Gasteiger partial charge in [0.05, 0.1) is 19.1 Å². The van der Waals surface area contributed by atoms with E-state index in [1.165, 1.54) is 7.11 Å². The van der Waals surface area contributed by atoms with Gasteiger partial charge < -0.3 is 14.4 Å². The summed E-state index contributed by atoms with van der Waals surface area (Å²) in [7, 11) is 3.06. The van der Waals surface area contributed by atoms with E-state index >= 15 is 0 Å². The van der Waals surface area contributed by atoms with Crippen molar-refractivity contribution in [2.75, 3.05) is 7.11 Å². The number of hydrogen-bond acceptors (Lipinski definition) is 4. The molecule has 5 nitrogen and oxygen atoms in total. The molecule has 0 fully saturated rings. The first-order valence-electron chi connectivity index (χ1n) is 3.86. The molecule has 0 aromatic carbocycles. The van der Waals surface area contributed by atoms with E-state index in [2.05, 4.69) is 9.72 Å². The quantitative estimate of drug-likeness (QED) is 0.643. The first-order chi connectivity index (χ1) is 6.13. The normalized spacial score (nSPS) is 12.5. The number of carbonyl (C=O) groups excluding carboxylic acids is 1. The molecule has 1 aromatic rings. The SMILES string of the molecule is COC(=O)C(O)Cc1cn(C)cn1. The summed E-state index contributed by atoms with van der Waals surface area (Å²) in [5.41, 5.74) is 0.667. The van der Waals surface area contributed by atoms with Gasteiger partial charge in [-0.15, -0.1) is 0 Å². The standard InChI is InChI=1S/C8H12N2O3/c1-10-4-6(9-5-10)3-7(11)8(12)13-2/h4-5,7,11H,3H2,1-2H3. The number of aromatic nitrogens is 2. The summed E-state index contributed by atoms with van der Waals surface area (Å²) in [6.45, 7) is 0. The maximum Gasteiger partial charge on any atom is 0.335 e. The van der Waals surface area contributed by atoms with Crippen LogP contribution in [0.1, 0.15) is 5.69 Å². The first kappa shape index (κ1) is 9.73. The van der Waals surface area contributed by atoms with Crippen molar-refractivity contribution in [1.29, 1.82) is 0 Å². The Balaban J connectivity index is 2.54. The third-order valence-corrected chi connectivity index (χ3v) is 1.63. The number of imidazole rings is 1. The Kier molecular flexibility index (Phi) is 3.02. The largest absolute Gasteiger partial charge is 0.467 e. The van der Waals surface area contributed by atoms with E-state index < -0.39 is 12.1 Å². The molecular formula is C8H12N2O3. The molecule has 13 heavy (non-hydrogen) atoms. The minimum absolute atomic E-state index is 0.188. The van der Waals surface area contributed by atoms with Gasteiger partial charge in [0.15, 0.2) is 6.10 Å². The number of aliphatic hydroxyl groups is 1. The van der Waals surface area contributed by atoms with Crippen molar-refractivity contribution < 1.29 is 14.6 Å². The lowest BCUT2D eigenvalue weighted by atomic mass is 10.2. The van der Waals surface area contributed by atoms with Crippen molar-refractivity contribution in [1.82, 2.24) is 9.55 Å². The molecule has 0 radical (unpaired) electrons. The van der Waals surface area contributed by atoms with Crippen LogP contribution in [0.2, 0.25) is 0 Å². The number of esters is 1.